The van der Waals surface area contributed by atoms with Crippen LogP contribution >= 0.6 is 0 Å². The minimum atomic E-state index is -0.666. The molecule has 1 heterocycles. The van der Waals surface area contributed by atoms with Crippen LogP contribution in [0.25, 0.3) is 0 Å². The van der Waals surface area contributed by atoms with Gasteiger partial charge in [-0.15, -0.1) is 0 Å². The summed E-state index contributed by atoms with van der Waals surface area (Å²) >= 11 is 0. The van der Waals surface area contributed by atoms with Crippen molar-refractivity contribution in [2.45, 2.75) is 19.3 Å². The van der Waals surface area contributed by atoms with Crippen molar-refractivity contribution in [3.63, 3.8) is 0 Å². The molecule has 9 heteroatoms. The van der Waals surface area contributed by atoms with E-state index >= 15 is 0 Å². The predicted octanol–water partition coefficient (Wildman–Crippen LogP) is 1.53. The largest absolute Gasteiger partial charge is 0.497 e. The van der Waals surface area contributed by atoms with Crippen molar-refractivity contribution in [2.24, 2.45) is 11.8 Å². The second kappa shape index (κ2) is 9.43. The second-order valence-electron chi connectivity index (χ2n) is 7.01. The van der Waals surface area contributed by atoms with E-state index in [0.717, 1.165) is 4.90 Å². The molecule has 0 radical (unpaired) electrons. The Kier molecular flexibility index (Phi) is 6.71. The topological polar surface area (TPSA) is 111 Å². The fourth-order valence-electron chi connectivity index (χ4n) is 3.60. The molecule has 1 aliphatic carbocycles. The molecule has 1 aliphatic heterocycles. The number of anilines is 1. The number of amides is 3. The van der Waals surface area contributed by atoms with Crippen molar-refractivity contribution in [2.75, 3.05) is 32.7 Å². The van der Waals surface area contributed by atoms with Crippen molar-refractivity contribution in [3.05, 3.63) is 30.4 Å². The maximum atomic E-state index is 12.4. The van der Waals surface area contributed by atoms with Crippen molar-refractivity contribution in [1.29, 1.82) is 0 Å². The summed E-state index contributed by atoms with van der Waals surface area (Å²) < 4.78 is 15.3. The van der Waals surface area contributed by atoms with Gasteiger partial charge in [-0.1, -0.05) is 12.2 Å². The van der Waals surface area contributed by atoms with Gasteiger partial charge in [-0.3, -0.25) is 24.1 Å². The van der Waals surface area contributed by atoms with Crippen LogP contribution in [0, 0.1) is 11.8 Å². The zero-order valence-corrected chi connectivity index (χ0v) is 16.9. The Labute approximate surface area is 174 Å². The number of likely N-dealkylation sites (tertiary alicyclic amines) is 1. The van der Waals surface area contributed by atoms with Gasteiger partial charge in [0.2, 0.25) is 11.8 Å². The van der Waals surface area contributed by atoms with E-state index in [1.165, 1.54) is 14.2 Å². The average molecular weight is 416 g/mol. The maximum absolute atomic E-state index is 12.4. The number of methoxy groups -OCH3 is 2. The summed E-state index contributed by atoms with van der Waals surface area (Å²) in [6.07, 6.45) is 4.74. The molecule has 2 atom stereocenters. The Hall–Kier alpha value is -3.36. The monoisotopic (exact) mass is 416 g/mol. The maximum Gasteiger partial charge on any atom is 0.308 e. The number of carbonyl (C=O) groups is 4. The number of nitrogens with one attached hydrogen (secondary N) is 1. The second-order valence-corrected chi connectivity index (χ2v) is 7.01. The number of benzene rings is 1. The van der Waals surface area contributed by atoms with Gasteiger partial charge in [-0.2, -0.15) is 0 Å². The Balaban J connectivity index is 1.45. The number of rotatable bonds is 8. The molecule has 1 aromatic carbocycles. The van der Waals surface area contributed by atoms with E-state index < -0.39 is 18.5 Å². The lowest BCUT2D eigenvalue weighted by Gasteiger charge is -2.14. The van der Waals surface area contributed by atoms with E-state index in [1.54, 1.807) is 18.2 Å². The number of ether oxygens (including phenoxy) is 3. The third kappa shape index (κ3) is 4.61. The molecule has 1 fully saturated rings. The highest BCUT2D eigenvalue weighted by Crippen LogP contribution is 2.35. The van der Waals surface area contributed by atoms with Gasteiger partial charge in [0.25, 0.3) is 5.91 Å². The van der Waals surface area contributed by atoms with Crippen molar-refractivity contribution < 1.29 is 33.4 Å². The first-order valence-corrected chi connectivity index (χ1v) is 9.62. The van der Waals surface area contributed by atoms with Gasteiger partial charge in [-0.25, -0.2) is 0 Å². The van der Waals surface area contributed by atoms with Gasteiger partial charge in [0.05, 0.1) is 38.2 Å². The first-order chi connectivity index (χ1) is 14.4. The van der Waals surface area contributed by atoms with Gasteiger partial charge in [0.1, 0.15) is 11.5 Å². The van der Waals surface area contributed by atoms with Crippen molar-refractivity contribution in [3.8, 4) is 11.5 Å². The lowest BCUT2D eigenvalue weighted by Crippen LogP contribution is -2.33. The molecular weight excluding hydrogens is 392 g/mol. The molecule has 0 aromatic heterocycles. The first kappa shape index (κ1) is 21.4. The Morgan fingerprint density at radius 3 is 2.33 bits per heavy atom. The Bertz CT molecular complexity index is 854. The molecule has 9 nitrogen and oxygen atoms in total. The van der Waals surface area contributed by atoms with Gasteiger partial charge in [-0.05, 0) is 25.0 Å². The van der Waals surface area contributed by atoms with Crippen LogP contribution in [-0.2, 0) is 23.9 Å². The minimum Gasteiger partial charge on any atom is -0.497 e. The van der Waals surface area contributed by atoms with Crippen LogP contribution in [0.5, 0.6) is 11.5 Å². The number of hydrogen-bond donors (Lipinski definition) is 1. The van der Waals surface area contributed by atoms with Crippen LogP contribution in [0.3, 0.4) is 0 Å². The van der Waals surface area contributed by atoms with Crippen molar-refractivity contribution >= 4 is 29.4 Å². The van der Waals surface area contributed by atoms with Crippen LogP contribution in [0.1, 0.15) is 19.3 Å². The van der Waals surface area contributed by atoms with Crippen LogP contribution in [0.2, 0.25) is 0 Å². The van der Waals surface area contributed by atoms with E-state index in [1.807, 2.05) is 12.2 Å². The summed E-state index contributed by atoms with van der Waals surface area (Å²) in [4.78, 5) is 49.9. The first-order valence-electron chi connectivity index (χ1n) is 9.62. The molecule has 1 aromatic rings. The molecule has 0 saturated carbocycles. The summed E-state index contributed by atoms with van der Waals surface area (Å²) in [5.74, 6) is -1.39. The molecule has 0 bridgehead atoms. The summed E-state index contributed by atoms with van der Waals surface area (Å²) in [6, 6.07) is 4.87. The Morgan fingerprint density at radius 2 is 1.73 bits per heavy atom. The van der Waals surface area contributed by atoms with Crippen LogP contribution in [-0.4, -0.2) is 56.0 Å². The fourth-order valence-corrected chi connectivity index (χ4v) is 3.60. The van der Waals surface area contributed by atoms with Crippen LogP contribution in [0.15, 0.2) is 30.4 Å². The number of nitrogens with zero attached hydrogens (tertiary/aromatic N) is 1. The molecule has 1 saturated heterocycles. The fraction of sp³-hybridized carbons (Fsp3) is 0.429. The molecule has 0 spiro atoms. The predicted molar refractivity (Wildman–Crippen MR) is 106 cm³/mol. The molecule has 0 unspecified atom stereocenters. The quantitative estimate of drug-likeness (QED) is 0.389. The lowest BCUT2D eigenvalue weighted by atomic mass is 9.85. The van der Waals surface area contributed by atoms with Gasteiger partial charge in [0.15, 0.2) is 6.61 Å². The SMILES string of the molecule is COc1ccc(NC(=O)COC(=O)CCN2C(=O)[C@@H]3CC=CC[C@H]3C2=O)c(OC)c1. The zero-order valence-electron chi connectivity index (χ0n) is 16.9. The van der Waals surface area contributed by atoms with E-state index in [2.05, 4.69) is 5.32 Å². The smallest absolute Gasteiger partial charge is 0.308 e. The number of imide groups is 1. The number of esters is 1. The zero-order chi connectivity index (χ0) is 21.7. The standard InChI is InChI=1S/C21H24N2O7/c1-28-13-7-8-16(17(11-13)29-2)22-18(24)12-30-19(25)9-10-23-20(26)14-5-3-4-6-15(14)21(23)27/h3-4,7-8,11,14-15H,5-6,9-10,12H2,1-2H3,(H,22,24)/t14-,15-/m1/s1. The number of hydrogen-bond acceptors (Lipinski definition) is 7. The van der Waals surface area contributed by atoms with Gasteiger partial charge < -0.3 is 19.5 Å². The summed E-state index contributed by atoms with van der Waals surface area (Å²) in [5, 5.41) is 2.59. The molecular formula is C21H24N2O7. The number of allylic oxidation sites excluding steroid dienone is 2. The summed E-state index contributed by atoms with van der Waals surface area (Å²) in [5.41, 5.74) is 0.406. The highest BCUT2D eigenvalue weighted by Gasteiger charge is 2.46. The minimum absolute atomic E-state index is 0.0442. The Morgan fingerprint density at radius 1 is 1.07 bits per heavy atom. The molecule has 1 N–H and O–H groups in total. The van der Waals surface area contributed by atoms with Crippen LogP contribution < -0.4 is 14.8 Å². The van der Waals surface area contributed by atoms with E-state index in [9.17, 15) is 19.2 Å². The number of carbonyl (C=O) groups excluding carboxylic acids is 4. The van der Waals surface area contributed by atoms with Gasteiger partial charge in [0, 0.05) is 12.6 Å². The van der Waals surface area contributed by atoms with Crippen molar-refractivity contribution in [1.82, 2.24) is 4.90 Å². The number of fused-ring (bicyclic) bond motifs is 1. The normalized spacial score (nSPS) is 20.0. The summed E-state index contributed by atoms with van der Waals surface area (Å²) in [7, 11) is 2.97. The average Bonchev–Trinajstić information content (AvgIpc) is 3.01. The molecule has 160 valence electrons. The van der Waals surface area contributed by atoms with E-state index in [0.29, 0.717) is 30.0 Å². The molecule has 3 amide bonds. The van der Waals surface area contributed by atoms with Gasteiger partial charge >= 0.3 is 5.97 Å². The van der Waals surface area contributed by atoms with Crippen LogP contribution in [0.4, 0.5) is 5.69 Å². The van der Waals surface area contributed by atoms with E-state index in [-0.39, 0.29) is 36.6 Å². The third-order valence-electron chi connectivity index (χ3n) is 5.19. The lowest BCUT2D eigenvalue weighted by molar-refractivity contribution is -0.148. The van der Waals surface area contributed by atoms with E-state index in [4.69, 9.17) is 14.2 Å². The third-order valence-corrected chi connectivity index (χ3v) is 5.19. The highest BCUT2D eigenvalue weighted by atomic mass is 16.5. The molecule has 3 rings (SSSR count). The molecule has 30 heavy (non-hydrogen) atoms. The molecule has 2 aliphatic rings. The highest BCUT2D eigenvalue weighted by molar-refractivity contribution is 6.05. The summed E-state index contributed by atoms with van der Waals surface area (Å²) in [6.45, 7) is -0.539.